The van der Waals surface area contributed by atoms with E-state index in [9.17, 15) is 0 Å². The molecule has 4 heteroatoms. The maximum Gasteiger partial charge on any atom is 0.213 e. The average molecular weight is 216 g/mol. The van der Waals surface area contributed by atoms with E-state index in [1.165, 1.54) is 0 Å². The Bertz CT molecular complexity index is 251. The first-order chi connectivity index (χ1) is 6.83. The first kappa shape index (κ1) is 11.3. The predicted molar refractivity (Wildman–Crippen MR) is 55.9 cm³/mol. The van der Waals surface area contributed by atoms with Gasteiger partial charge in [0.15, 0.2) is 0 Å². The lowest BCUT2D eigenvalue weighted by molar-refractivity contribution is 0.0990. The summed E-state index contributed by atoms with van der Waals surface area (Å²) in [6.07, 6.45) is 2.59. The third-order valence-electron chi connectivity index (χ3n) is 1.53. The summed E-state index contributed by atoms with van der Waals surface area (Å²) in [7, 11) is 0. The first-order valence-corrected chi connectivity index (χ1v) is 5.03. The number of hydrogen-bond acceptors (Lipinski definition) is 3. The summed E-state index contributed by atoms with van der Waals surface area (Å²) in [5, 5.41) is 0.611. The molecule has 0 bridgehead atoms. The second kappa shape index (κ2) is 6.62. The number of aromatic nitrogens is 1. The van der Waals surface area contributed by atoms with Crippen molar-refractivity contribution in [1.29, 1.82) is 0 Å². The van der Waals surface area contributed by atoms with Crippen molar-refractivity contribution in [2.75, 3.05) is 19.8 Å². The van der Waals surface area contributed by atoms with E-state index in [-0.39, 0.29) is 0 Å². The van der Waals surface area contributed by atoms with Crippen LogP contribution in [0.1, 0.15) is 13.3 Å². The second-order valence-corrected chi connectivity index (χ2v) is 3.21. The molecule has 0 radical (unpaired) electrons. The molecule has 0 spiro atoms. The van der Waals surface area contributed by atoms with Gasteiger partial charge in [0.1, 0.15) is 6.61 Å². The van der Waals surface area contributed by atoms with Gasteiger partial charge in [-0.1, -0.05) is 18.5 Å². The molecule has 0 saturated heterocycles. The van der Waals surface area contributed by atoms with Crippen LogP contribution in [0.25, 0.3) is 0 Å². The molecule has 0 atom stereocenters. The minimum atomic E-state index is 0.522. The molecular weight excluding hydrogens is 202 g/mol. The van der Waals surface area contributed by atoms with E-state index in [1.54, 1.807) is 18.3 Å². The van der Waals surface area contributed by atoms with Gasteiger partial charge in [0.05, 0.1) is 11.6 Å². The summed E-state index contributed by atoms with van der Waals surface area (Å²) >= 11 is 5.67. The number of rotatable bonds is 6. The van der Waals surface area contributed by atoms with E-state index in [0.717, 1.165) is 13.0 Å². The van der Waals surface area contributed by atoms with Crippen LogP contribution in [0.3, 0.4) is 0 Å². The Hall–Kier alpha value is -0.800. The minimum absolute atomic E-state index is 0.522. The van der Waals surface area contributed by atoms with Crippen molar-refractivity contribution >= 4 is 11.6 Å². The van der Waals surface area contributed by atoms with Crippen LogP contribution >= 0.6 is 11.6 Å². The lowest BCUT2D eigenvalue weighted by Gasteiger charge is -2.05. The van der Waals surface area contributed by atoms with Crippen molar-refractivity contribution in [3.63, 3.8) is 0 Å². The van der Waals surface area contributed by atoms with Crippen molar-refractivity contribution in [2.24, 2.45) is 0 Å². The molecule has 1 aromatic rings. The molecule has 0 aliphatic rings. The fourth-order valence-corrected chi connectivity index (χ4v) is 1.01. The maximum atomic E-state index is 5.67. The van der Waals surface area contributed by atoms with Gasteiger partial charge in [-0.25, -0.2) is 4.98 Å². The SMILES string of the molecule is CCCOCCOc1ccc(Cl)cn1. The van der Waals surface area contributed by atoms with Crippen molar-refractivity contribution in [3.8, 4) is 5.88 Å². The van der Waals surface area contributed by atoms with Gasteiger partial charge in [-0.3, -0.25) is 0 Å². The standard InChI is InChI=1S/C10H14ClNO2/c1-2-5-13-6-7-14-10-4-3-9(11)8-12-10/h3-4,8H,2,5-7H2,1H3. The summed E-state index contributed by atoms with van der Waals surface area (Å²) < 4.78 is 10.6. The summed E-state index contributed by atoms with van der Waals surface area (Å²) in [6, 6.07) is 3.49. The fourth-order valence-electron chi connectivity index (χ4n) is 0.899. The van der Waals surface area contributed by atoms with Gasteiger partial charge in [0.25, 0.3) is 0 Å². The second-order valence-electron chi connectivity index (χ2n) is 2.78. The molecule has 78 valence electrons. The van der Waals surface area contributed by atoms with Crippen LogP contribution < -0.4 is 4.74 Å². The minimum Gasteiger partial charge on any atom is -0.475 e. The van der Waals surface area contributed by atoms with E-state index in [0.29, 0.717) is 24.1 Å². The van der Waals surface area contributed by atoms with E-state index in [2.05, 4.69) is 11.9 Å². The first-order valence-electron chi connectivity index (χ1n) is 4.65. The highest BCUT2D eigenvalue weighted by molar-refractivity contribution is 6.30. The molecule has 3 nitrogen and oxygen atoms in total. The smallest absolute Gasteiger partial charge is 0.213 e. The topological polar surface area (TPSA) is 31.4 Å². The van der Waals surface area contributed by atoms with E-state index < -0.39 is 0 Å². The average Bonchev–Trinajstić information content (AvgIpc) is 2.21. The number of nitrogens with zero attached hydrogens (tertiary/aromatic N) is 1. The number of pyridine rings is 1. The number of hydrogen-bond donors (Lipinski definition) is 0. The summed E-state index contributed by atoms with van der Waals surface area (Å²) in [4.78, 5) is 3.99. The van der Waals surface area contributed by atoms with E-state index in [4.69, 9.17) is 21.1 Å². The monoisotopic (exact) mass is 215 g/mol. The van der Waals surface area contributed by atoms with Gasteiger partial charge < -0.3 is 9.47 Å². The van der Waals surface area contributed by atoms with Crippen LogP contribution in [0.2, 0.25) is 5.02 Å². The Labute approximate surface area is 89.0 Å². The highest BCUT2D eigenvalue weighted by Crippen LogP contribution is 2.10. The molecule has 0 aliphatic heterocycles. The highest BCUT2D eigenvalue weighted by atomic mass is 35.5. The van der Waals surface area contributed by atoms with Crippen LogP contribution in [-0.2, 0) is 4.74 Å². The molecule has 0 aliphatic carbocycles. The Morgan fingerprint density at radius 2 is 2.14 bits per heavy atom. The van der Waals surface area contributed by atoms with Crippen molar-refractivity contribution in [3.05, 3.63) is 23.4 Å². The zero-order valence-corrected chi connectivity index (χ0v) is 8.96. The Morgan fingerprint density at radius 1 is 1.29 bits per heavy atom. The third kappa shape index (κ3) is 4.44. The van der Waals surface area contributed by atoms with Crippen molar-refractivity contribution in [2.45, 2.75) is 13.3 Å². The molecule has 1 heterocycles. The van der Waals surface area contributed by atoms with Crippen LogP contribution in [0, 0.1) is 0 Å². The molecule has 0 aromatic carbocycles. The van der Waals surface area contributed by atoms with Crippen LogP contribution in [0.15, 0.2) is 18.3 Å². The zero-order chi connectivity index (χ0) is 10.2. The number of ether oxygens (including phenoxy) is 2. The molecule has 14 heavy (non-hydrogen) atoms. The zero-order valence-electron chi connectivity index (χ0n) is 8.20. The predicted octanol–water partition coefficient (Wildman–Crippen LogP) is 2.54. The normalized spacial score (nSPS) is 10.1. The molecule has 0 amide bonds. The molecule has 1 aromatic heterocycles. The number of halogens is 1. The molecule has 0 unspecified atom stereocenters. The largest absolute Gasteiger partial charge is 0.475 e. The van der Waals surface area contributed by atoms with E-state index >= 15 is 0 Å². The lowest BCUT2D eigenvalue weighted by Crippen LogP contribution is -2.07. The van der Waals surface area contributed by atoms with Gasteiger partial charge in [0.2, 0.25) is 5.88 Å². The van der Waals surface area contributed by atoms with Crippen molar-refractivity contribution in [1.82, 2.24) is 4.98 Å². The van der Waals surface area contributed by atoms with Crippen molar-refractivity contribution < 1.29 is 9.47 Å². The van der Waals surface area contributed by atoms with E-state index in [1.807, 2.05) is 0 Å². The molecular formula is C10H14ClNO2. The Balaban J connectivity index is 2.15. The highest BCUT2D eigenvalue weighted by Gasteiger charge is 1.94. The fraction of sp³-hybridized carbons (Fsp3) is 0.500. The lowest BCUT2D eigenvalue weighted by atomic mass is 10.5. The molecule has 0 saturated carbocycles. The van der Waals surface area contributed by atoms with Gasteiger partial charge in [-0.05, 0) is 12.5 Å². The van der Waals surface area contributed by atoms with Gasteiger partial charge >= 0.3 is 0 Å². The van der Waals surface area contributed by atoms with Crippen LogP contribution in [0.4, 0.5) is 0 Å². The molecule has 0 fully saturated rings. The Kier molecular flexibility index (Phi) is 5.33. The third-order valence-corrected chi connectivity index (χ3v) is 1.75. The van der Waals surface area contributed by atoms with Gasteiger partial charge in [-0.15, -0.1) is 0 Å². The summed E-state index contributed by atoms with van der Waals surface area (Å²) in [5.41, 5.74) is 0. The molecule has 1 rings (SSSR count). The summed E-state index contributed by atoms with van der Waals surface area (Å²) in [6.45, 7) is 3.96. The van der Waals surface area contributed by atoms with Gasteiger partial charge in [0, 0.05) is 18.9 Å². The quantitative estimate of drug-likeness (QED) is 0.684. The maximum absolute atomic E-state index is 5.67. The van der Waals surface area contributed by atoms with Crippen LogP contribution in [0.5, 0.6) is 5.88 Å². The Morgan fingerprint density at radius 3 is 2.79 bits per heavy atom. The summed E-state index contributed by atoms with van der Waals surface area (Å²) in [5.74, 6) is 0.578. The molecule has 0 N–H and O–H groups in total. The van der Waals surface area contributed by atoms with Gasteiger partial charge in [-0.2, -0.15) is 0 Å². The van der Waals surface area contributed by atoms with Crippen LogP contribution in [-0.4, -0.2) is 24.8 Å².